The van der Waals surface area contributed by atoms with E-state index in [9.17, 15) is 0 Å². The van der Waals surface area contributed by atoms with Gasteiger partial charge in [-0.3, -0.25) is 15.4 Å². The maximum atomic E-state index is 6.15. The molecule has 0 unspecified atom stereocenters. The van der Waals surface area contributed by atoms with Crippen molar-refractivity contribution < 1.29 is 0 Å². The first-order chi connectivity index (χ1) is 10.2. The molecule has 1 N–H and O–H groups in total. The number of hydrazone groups is 1. The van der Waals surface area contributed by atoms with E-state index in [4.69, 9.17) is 11.6 Å². The quantitative estimate of drug-likeness (QED) is 0.592. The highest BCUT2D eigenvalue weighted by Gasteiger charge is 2.12. The van der Waals surface area contributed by atoms with Crippen LogP contribution in [0.25, 0.3) is 10.2 Å². The molecule has 0 aliphatic heterocycles. The van der Waals surface area contributed by atoms with E-state index in [1.807, 2.05) is 13.8 Å². The van der Waals surface area contributed by atoms with E-state index < -0.39 is 0 Å². The molecule has 106 valence electrons. The van der Waals surface area contributed by atoms with Crippen molar-refractivity contribution in [3.05, 3.63) is 40.5 Å². The molecular formula is C13H11ClN6S. The number of hydrogen-bond acceptors (Lipinski definition) is 7. The van der Waals surface area contributed by atoms with Crippen molar-refractivity contribution in [1.29, 1.82) is 0 Å². The van der Waals surface area contributed by atoms with E-state index in [1.165, 1.54) is 17.7 Å². The molecule has 0 aliphatic carbocycles. The average Bonchev–Trinajstić information content (AvgIpc) is 2.81. The summed E-state index contributed by atoms with van der Waals surface area (Å²) in [6.07, 6.45) is 6.39. The fourth-order valence-corrected chi connectivity index (χ4v) is 3.00. The maximum absolute atomic E-state index is 6.15. The zero-order valence-electron chi connectivity index (χ0n) is 11.3. The largest absolute Gasteiger partial charge is 0.261 e. The van der Waals surface area contributed by atoms with Crippen LogP contribution < -0.4 is 5.43 Å². The Morgan fingerprint density at radius 3 is 2.90 bits per heavy atom. The van der Waals surface area contributed by atoms with E-state index in [1.54, 1.807) is 18.6 Å². The van der Waals surface area contributed by atoms with Crippen LogP contribution >= 0.6 is 22.9 Å². The Morgan fingerprint density at radius 2 is 2.14 bits per heavy atom. The summed E-state index contributed by atoms with van der Waals surface area (Å²) in [5.41, 5.74) is 5.33. The maximum Gasteiger partial charge on any atom is 0.158 e. The van der Waals surface area contributed by atoms with Gasteiger partial charge in [0.25, 0.3) is 0 Å². The molecule has 6 nitrogen and oxygen atoms in total. The van der Waals surface area contributed by atoms with Gasteiger partial charge < -0.3 is 0 Å². The van der Waals surface area contributed by atoms with E-state index in [0.717, 1.165) is 15.8 Å². The Kier molecular flexibility index (Phi) is 3.76. The highest BCUT2D eigenvalue weighted by atomic mass is 35.5. The van der Waals surface area contributed by atoms with Gasteiger partial charge in [-0.2, -0.15) is 5.10 Å². The number of rotatable bonds is 3. The van der Waals surface area contributed by atoms with E-state index in [-0.39, 0.29) is 0 Å². The molecule has 3 aromatic rings. The second kappa shape index (κ2) is 5.71. The number of nitrogens with zero attached hydrogens (tertiary/aromatic N) is 5. The smallest absolute Gasteiger partial charge is 0.158 e. The molecular weight excluding hydrogens is 308 g/mol. The summed E-state index contributed by atoms with van der Waals surface area (Å²) in [6, 6.07) is 0. The van der Waals surface area contributed by atoms with Crippen LogP contribution in [0.5, 0.6) is 0 Å². The molecule has 3 heterocycles. The van der Waals surface area contributed by atoms with Gasteiger partial charge in [0, 0.05) is 12.4 Å². The third-order valence-corrected chi connectivity index (χ3v) is 4.44. The van der Waals surface area contributed by atoms with Gasteiger partial charge in [0.1, 0.15) is 16.9 Å². The summed E-state index contributed by atoms with van der Waals surface area (Å²) in [6.45, 7) is 3.79. The Morgan fingerprint density at radius 1 is 1.29 bits per heavy atom. The Hall–Kier alpha value is -2.12. The van der Waals surface area contributed by atoms with Gasteiger partial charge in [0.2, 0.25) is 0 Å². The highest BCUT2D eigenvalue weighted by molar-refractivity contribution is 7.22. The molecule has 0 fully saturated rings. The third kappa shape index (κ3) is 2.70. The van der Waals surface area contributed by atoms with Gasteiger partial charge in [0.15, 0.2) is 5.82 Å². The summed E-state index contributed by atoms with van der Waals surface area (Å²) in [4.78, 5) is 17.5. The van der Waals surface area contributed by atoms with E-state index >= 15 is 0 Å². The van der Waals surface area contributed by atoms with Crippen molar-refractivity contribution in [2.24, 2.45) is 5.10 Å². The minimum Gasteiger partial charge on any atom is -0.261 e. The number of fused-ring (bicyclic) bond motifs is 1. The lowest BCUT2D eigenvalue weighted by Gasteiger charge is -2.03. The highest BCUT2D eigenvalue weighted by Crippen LogP contribution is 2.36. The number of thiophene rings is 1. The zero-order chi connectivity index (χ0) is 14.8. The summed E-state index contributed by atoms with van der Waals surface area (Å²) in [5, 5.41) is 5.19. The predicted molar refractivity (Wildman–Crippen MR) is 85.0 cm³/mol. The fraction of sp³-hybridized carbons (Fsp3) is 0.154. The first kappa shape index (κ1) is 13.8. The van der Waals surface area contributed by atoms with Gasteiger partial charge in [-0.25, -0.2) is 9.97 Å². The number of nitrogens with one attached hydrogen (secondary N) is 1. The van der Waals surface area contributed by atoms with Crippen LogP contribution in [0.15, 0.2) is 30.0 Å². The Bertz CT molecular complexity index is 814. The average molecular weight is 319 g/mol. The number of aryl methyl sites for hydroxylation is 1. The zero-order valence-corrected chi connectivity index (χ0v) is 12.9. The van der Waals surface area contributed by atoms with Crippen LogP contribution in [0.1, 0.15) is 18.2 Å². The minimum absolute atomic E-state index is 0.629. The van der Waals surface area contributed by atoms with Crippen molar-refractivity contribution in [3.8, 4) is 0 Å². The Balaban J connectivity index is 1.96. The first-order valence-electron chi connectivity index (χ1n) is 6.13. The fourth-order valence-electron chi connectivity index (χ4n) is 1.81. The van der Waals surface area contributed by atoms with Crippen molar-refractivity contribution in [2.45, 2.75) is 13.8 Å². The van der Waals surface area contributed by atoms with Crippen LogP contribution in [0, 0.1) is 6.92 Å². The van der Waals surface area contributed by atoms with Crippen LogP contribution in [0.3, 0.4) is 0 Å². The number of halogens is 1. The molecule has 0 amide bonds. The monoisotopic (exact) mass is 318 g/mol. The number of hydrogen-bond donors (Lipinski definition) is 1. The van der Waals surface area contributed by atoms with E-state index in [0.29, 0.717) is 21.6 Å². The topological polar surface area (TPSA) is 76.0 Å². The van der Waals surface area contributed by atoms with Gasteiger partial charge in [-0.1, -0.05) is 11.6 Å². The molecule has 0 radical (unpaired) electrons. The molecule has 8 heteroatoms. The van der Waals surface area contributed by atoms with Gasteiger partial charge in [-0.05, 0) is 19.4 Å². The van der Waals surface area contributed by atoms with Crippen molar-refractivity contribution in [1.82, 2.24) is 19.9 Å². The molecule has 0 aromatic carbocycles. The summed E-state index contributed by atoms with van der Waals surface area (Å²) in [7, 11) is 0. The third-order valence-electron chi connectivity index (χ3n) is 2.93. The second-order valence-electron chi connectivity index (χ2n) is 4.30. The minimum atomic E-state index is 0.629. The van der Waals surface area contributed by atoms with Gasteiger partial charge in [0.05, 0.1) is 21.6 Å². The summed E-state index contributed by atoms with van der Waals surface area (Å²) < 4.78 is 0.711. The molecule has 0 atom stereocenters. The van der Waals surface area contributed by atoms with Crippen LogP contribution in [0.4, 0.5) is 5.82 Å². The lowest BCUT2D eigenvalue weighted by atomic mass is 10.2. The van der Waals surface area contributed by atoms with Gasteiger partial charge >= 0.3 is 0 Å². The van der Waals surface area contributed by atoms with Crippen molar-refractivity contribution in [2.75, 3.05) is 5.43 Å². The molecule has 0 saturated carbocycles. The molecule has 0 saturated heterocycles. The predicted octanol–water partition coefficient (Wildman–Crippen LogP) is 3.28. The number of anilines is 1. The normalized spacial score (nSPS) is 11.9. The molecule has 0 bridgehead atoms. The number of aromatic nitrogens is 4. The van der Waals surface area contributed by atoms with Crippen molar-refractivity contribution in [3.63, 3.8) is 0 Å². The molecule has 0 aliphatic rings. The lowest BCUT2D eigenvalue weighted by molar-refractivity contribution is 1.15. The first-order valence-corrected chi connectivity index (χ1v) is 7.32. The summed E-state index contributed by atoms with van der Waals surface area (Å²) in [5.74, 6) is 0.629. The standard InChI is InChI=1S/C13H11ClN6S/c1-7-10-12(17-6-18-13(10)21-11(7)14)20-19-8(2)9-5-15-3-4-16-9/h3-6H,1-2H3,(H,17,18,20)/b19-8-. The summed E-state index contributed by atoms with van der Waals surface area (Å²) >= 11 is 7.58. The van der Waals surface area contributed by atoms with Crippen LogP contribution in [-0.2, 0) is 0 Å². The molecule has 3 aromatic heterocycles. The van der Waals surface area contributed by atoms with Crippen molar-refractivity contribution >= 4 is 44.7 Å². The van der Waals surface area contributed by atoms with Gasteiger partial charge in [-0.15, -0.1) is 11.3 Å². The van der Waals surface area contributed by atoms with Crippen LogP contribution in [-0.4, -0.2) is 25.6 Å². The lowest BCUT2D eigenvalue weighted by Crippen LogP contribution is -2.03. The van der Waals surface area contributed by atoms with E-state index in [2.05, 4.69) is 30.5 Å². The molecule has 0 spiro atoms. The second-order valence-corrected chi connectivity index (χ2v) is 5.90. The molecule has 21 heavy (non-hydrogen) atoms. The SMILES string of the molecule is C/C(=N/Nc1ncnc2sc(Cl)c(C)c12)c1cnccn1. The Labute approximate surface area is 130 Å². The molecule has 3 rings (SSSR count). The van der Waals surface area contributed by atoms with Crippen LogP contribution in [0.2, 0.25) is 4.34 Å².